The second kappa shape index (κ2) is 7.64. The number of hydrogen-bond acceptors (Lipinski definition) is 1. The largest absolute Gasteiger partial charge is 0.313 e. The van der Waals surface area contributed by atoms with E-state index in [9.17, 15) is 4.39 Å². The van der Waals surface area contributed by atoms with Gasteiger partial charge in [0.2, 0.25) is 0 Å². The lowest BCUT2D eigenvalue weighted by Crippen LogP contribution is -2.24. The van der Waals surface area contributed by atoms with Gasteiger partial charge in [0.15, 0.2) is 0 Å². The van der Waals surface area contributed by atoms with Gasteiger partial charge in [-0.2, -0.15) is 0 Å². The maximum absolute atomic E-state index is 13.9. The normalized spacial score (nSPS) is 16.5. The Kier molecular flexibility index (Phi) is 5.84. The van der Waals surface area contributed by atoms with Crippen molar-refractivity contribution in [2.45, 2.75) is 63.8 Å². The summed E-state index contributed by atoms with van der Waals surface area (Å²) in [5.41, 5.74) is 0.896. The first-order valence-electron chi connectivity index (χ1n) is 7.79. The zero-order valence-corrected chi connectivity index (χ0v) is 12.0. The Morgan fingerprint density at radius 3 is 2.68 bits per heavy atom. The summed E-state index contributed by atoms with van der Waals surface area (Å²) in [7, 11) is 0. The summed E-state index contributed by atoms with van der Waals surface area (Å²) in [5, 5.41) is 3.56. The number of unbranched alkanes of at least 4 members (excludes halogenated alkanes) is 3. The van der Waals surface area contributed by atoms with Crippen LogP contribution in [0.25, 0.3) is 0 Å². The Balaban J connectivity index is 1.90. The molecule has 1 aromatic rings. The van der Waals surface area contributed by atoms with Gasteiger partial charge in [0, 0.05) is 12.6 Å². The molecule has 106 valence electrons. The summed E-state index contributed by atoms with van der Waals surface area (Å²) in [6.07, 6.45) is 8.70. The summed E-state index contributed by atoms with van der Waals surface area (Å²) < 4.78 is 13.9. The van der Waals surface area contributed by atoms with Crippen LogP contribution in [0.2, 0.25) is 0 Å². The summed E-state index contributed by atoms with van der Waals surface area (Å²) in [6.45, 7) is 3.15. The molecule has 1 unspecified atom stereocenters. The van der Waals surface area contributed by atoms with Crippen molar-refractivity contribution in [1.82, 2.24) is 5.32 Å². The van der Waals surface area contributed by atoms with Crippen molar-refractivity contribution in [2.75, 3.05) is 6.54 Å². The van der Waals surface area contributed by atoms with Crippen LogP contribution in [0.5, 0.6) is 0 Å². The monoisotopic (exact) mass is 263 g/mol. The van der Waals surface area contributed by atoms with E-state index in [1.54, 1.807) is 12.1 Å². The SMILES string of the molecule is CCCCCCC(CNC1CC1)c1ccccc1F. The van der Waals surface area contributed by atoms with Crippen LogP contribution in [0.15, 0.2) is 24.3 Å². The Morgan fingerprint density at radius 2 is 2.00 bits per heavy atom. The average Bonchev–Trinajstić information content (AvgIpc) is 3.23. The molecule has 2 rings (SSSR count). The van der Waals surface area contributed by atoms with Crippen LogP contribution in [-0.4, -0.2) is 12.6 Å². The molecule has 1 saturated carbocycles. The first-order valence-corrected chi connectivity index (χ1v) is 7.79. The lowest BCUT2D eigenvalue weighted by atomic mass is 9.92. The Labute approximate surface area is 116 Å². The zero-order valence-electron chi connectivity index (χ0n) is 12.0. The summed E-state index contributed by atoms with van der Waals surface area (Å²) in [5.74, 6) is 0.291. The predicted octanol–water partition coefficient (Wildman–Crippen LogP) is 4.63. The van der Waals surface area contributed by atoms with E-state index in [1.807, 2.05) is 12.1 Å². The quantitative estimate of drug-likeness (QED) is 0.640. The maximum Gasteiger partial charge on any atom is 0.126 e. The van der Waals surface area contributed by atoms with Gasteiger partial charge in [0.25, 0.3) is 0 Å². The minimum atomic E-state index is -0.0411. The lowest BCUT2D eigenvalue weighted by Gasteiger charge is -2.18. The molecule has 1 atom stereocenters. The molecular formula is C17H26FN. The van der Waals surface area contributed by atoms with Crippen molar-refractivity contribution in [1.29, 1.82) is 0 Å². The van der Waals surface area contributed by atoms with Crippen molar-refractivity contribution >= 4 is 0 Å². The number of rotatable bonds is 9. The van der Waals surface area contributed by atoms with E-state index < -0.39 is 0 Å². The molecule has 0 spiro atoms. The molecule has 19 heavy (non-hydrogen) atoms. The standard InChI is InChI=1S/C17H26FN/c1-2-3-4-5-8-14(13-19-15-11-12-15)16-9-6-7-10-17(16)18/h6-7,9-10,14-15,19H,2-5,8,11-13H2,1H3. The van der Waals surface area contributed by atoms with Gasteiger partial charge in [-0.25, -0.2) is 4.39 Å². The van der Waals surface area contributed by atoms with E-state index in [1.165, 1.54) is 38.5 Å². The van der Waals surface area contributed by atoms with Gasteiger partial charge in [0.05, 0.1) is 0 Å². The Hall–Kier alpha value is -0.890. The lowest BCUT2D eigenvalue weighted by molar-refractivity contribution is 0.490. The third kappa shape index (κ3) is 4.94. The Bertz CT molecular complexity index is 373. The smallest absolute Gasteiger partial charge is 0.126 e. The van der Waals surface area contributed by atoms with Crippen LogP contribution < -0.4 is 5.32 Å². The summed E-state index contributed by atoms with van der Waals surface area (Å²) in [6, 6.07) is 7.97. The van der Waals surface area contributed by atoms with Crippen LogP contribution in [0, 0.1) is 5.82 Å². The van der Waals surface area contributed by atoms with E-state index in [0.717, 1.165) is 18.5 Å². The summed E-state index contributed by atoms with van der Waals surface area (Å²) >= 11 is 0. The van der Waals surface area contributed by atoms with Gasteiger partial charge in [0.1, 0.15) is 5.82 Å². The molecule has 1 N–H and O–H groups in total. The number of halogens is 1. The first-order chi connectivity index (χ1) is 9.31. The molecule has 2 heteroatoms. The summed E-state index contributed by atoms with van der Waals surface area (Å²) in [4.78, 5) is 0. The molecule has 0 radical (unpaired) electrons. The molecule has 1 nitrogen and oxygen atoms in total. The van der Waals surface area contributed by atoms with Crippen molar-refractivity contribution in [3.63, 3.8) is 0 Å². The molecular weight excluding hydrogens is 237 g/mol. The van der Waals surface area contributed by atoms with Gasteiger partial charge < -0.3 is 5.32 Å². The Morgan fingerprint density at radius 1 is 1.21 bits per heavy atom. The third-order valence-corrected chi connectivity index (χ3v) is 3.98. The molecule has 0 amide bonds. The van der Waals surface area contributed by atoms with Gasteiger partial charge >= 0.3 is 0 Å². The first kappa shape index (κ1) is 14.5. The third-order valence-electron chi connectivity index (χ3n) is 3.98. The van der Waals surface area contributed by atoms with E-state index in [4.69, 9.17) is 0 Å². The highest BCUT2D eigenvalue weighted by atomic mass is 19.1. The second-order valence-electron chi connectivity index (χ2n) is 5.75. The van der Waals surface area contributed by atoms with Crippen molar-refractivity contribution in [2.24, 2.45) is 0 Å². The van der Waals surface area contributed by atoms with Crippen molar-refractivity contribution in [3.8, 4) is 0 Å². The fourth-order valence-electron chi connectivity index (χ4n) is 2.59. The van der Waals surface area contributed by atoms with E-state index in [-0.39, 0.29) is 5.82 Å². The molecule has 0 saturated heterocycles. The number of hydrogen-bond donors (Lipinski definition) is 1. The maximum atomic E-state index is 13.9. The molecule has 1 fully saturated rings. The minimum absolute atomic E-state index is 0.0411. The number of benzene rings is 1. The topological polar surface area (TPSA) is 12.0 Å². The highest BCUT2D eigenvalue weighted by molar-refractivity contribution is 5.22. The van der Waals surface area contributed by atoms with Gasteiger partial charge in [-0.1, -0.05) is 50.8 Å². The highest BCUT2D eigenvalue weighted by Crippen LogP contribution is 2.26. The van der Waals surface area contributed by atoms with Gasteiger partial charge in [-0.05, 0) is 36.8 Å². The molecule has 0 bridgehead atoms. The van der Waals surface area contributed by atoms with E-state index in [2.05, 4.69) is 12.2 Å². The average molecular weight is 263 g/mol. The van der Waals surface area contributed by atoms with Crippen molar-refractivity contribution in [3.05, 3.63) is 35.6 Å². The van der Waals surface area contributed by atoms with Crippen LogP contribution >= 0.6 is 0 Å². The van der Waals surface area contributed by atoms with E-state index in [0.29, 0.717) is 12.0 Å². The minimum Gasteiger partial charge on any atom is -0.313 e. The fraction of sp³-hybridized carbons (Fsp3) is 0.647. The molecule has 0 aromatic heterocycles. The van der Waals surface area contributed by atoms with Crippen LogP contribution in [0.4, 0.5) is 4.39 Å². The van der Waals surface area contributed by atoms with Crippen LogP contribution in [-0.2, 0) is 0 Å². The predicted molar refractivity (Wildman–Crippen MR) is 78.9 cm³/mol. The van der Waals surface area contributed by atoms with Crippen LogP contribution in [0.3, 0.4) is 0 Å². The van der Waals surface area contributed by atoms with Crippen molar-refractivity contribution < 1.29 is 4.39 Å². The molecule has 1 aliphatic rings. The second-order valence-corrected chi connectivity index (χ2v) is 5.75. The fourth-order valence-corrected chi connectivity index (χ4v) is 2.59. The van der Waals surface area contributed by atoms with Crippen LogP contribution in [0.1, 0.15) is 63.4 Å². The molecule has 0 heterocycles. The molecule has 0 aliphatic heterocycles. The van der Waals surface area contributed by atoms with Gasteiger partial charge in [-0.3, -0.25) is 0 Å². The number of nitrogens with one attached hydrogen (secondary N) is 1. The van der Waals surface area contributed by atoms with Gasteiger partial charge in [-0.15, -0.1) is 0 Å². The molecule has 1 aromatic carbocycles. The highest BCUT2D eigenvalue weighted by Gasteiger charge is 2.23. The van der Waals surface area contributed by atoms with E-state index >= 15 is 0 Å². The molecule has 1 aliphatic carbocycles. The zero-order chi connectivity index (χ0) is 13.5.